The summed E-state index contributed by atoms with van der Waals surface area (Å²) in [6.45, 7) is 0. The van der Waals surface area contributed by atoms with Crippen LogP contribution in [-0.4, -0.2) is 15.4 Å². The van der Waals surface area contributed by atoms with Crippen LogP contribution in [-0.2, 0) is 0 Å². The summed E-state index contributed by atoms with van der Waals surface area (Å²) in [7, 11) is 0. The van der Waals surface area contributed by atoms with E-state index in [1.165, 1.54) is 0 Å². The third kappa shape index (κ3) is 1.29. The van der Waals surface area contributed by atoms with E-state index in [9.17, 15) is 4.79 Å². The monoisotopic (exact) mass is 183 g/mol. The molecule has 4 nitrogen and oxygen atoms in total. The first kappa shape index (κ1) is 8.67. The standard InChI is InChI=1S/C7H5N3O.ClH/c11-7-5-3-1-2-4-6(5)8-10-9-7;/h1-4H,(H,8,9,11);1H. The van der Waals surface area contributed by atoms with Gasteiger partial charge in [-0.3, -0.25) is 4.79 Å². The normalized spacial score (nSPS) is 9.33. The van der Waals surface area contributed by atoms with Crippen LogP contribution in [0.2, 0.25) is 0 Å². The van der Waals surface area contributed by atoms with Crippen molar-refractivity contribution < 1.29 is 0 Å². The first-order valence-corrected chi connectivity index (χ1v) is 3.18. The van der Waals surface area contributed by atoms with Crippen molar-refractivity contribution >= 4 is 23.3 Å². The molecular formula is C7H6ClN3O. The van der Waals surface area contributed by atoms with Gasteiger partial charge in [-0.15, -0.1) is 17.5 Å². The smallest absolute Gasteiger partial charge is 0.267 e. The minimum absolute atomic E-state index is 0. The molecule has 0 amide bonds. The highest BCUT2D eigenvalue weighted by molar-refractivity contribution is 5.85. The SMILES string of the molecule is Cl.O=c1[nH]nnc2ccccc12. The van der Waals surface area contributed by atoms with Crippen LogP contribution >= 0.6 is 12.4 Å². The highest BCUT2D eigenvalue weighted by atomic mass is 35.5. The molecule has 5 heteroatoms. The van der Waals surface area contributed by atoms with Crippen LogP contribution in [0, 0.1) is 0 Å². The molecule has 12 heavy (non-hydrogen) atoms. The summed E-state index contributed by atoms with van der Waals surface area (Å²) in [6, 6.07) is 7.07. The minimum atomic E-state index is -0.199. The molecule has 0 aliphatic heterocycles. The fourth-order valence-corrected chi connectivity index (χ4v) is 0.937. The van der Waals surface area contributed by atoms with Crippen molar-refractivity contribution in [2.24, 2.45) is 0 Å². The number of aromatic amines is 1. The molecule has 0 spiro atoms. The Kier molecular flexibility index (Phi) is 2.40. The maximum absolute atomic E-state index is 11.0. The highest BCUT2D eigenvalue weighted by Crippen LogP contribution is 2.01. The number of rotatable bonds is 0. The lowest BCUT2D eigenvalue weighted by atomic mass is 10.2. The van der Waals surface area contributed by atoms with Crippen molar-refractivity contribution in [1.82, 2.24) is 15.4 Å². The number of aromatic nitrogens is 3. The Bertz CT molecular complexity index is 434. The van der Waals surface area contributed by atoms with Gasteiger partial charge in [0.25, 0.3) is 5.56 Å². The molecule has 0 bridgehead atoms. The predicted molar refractivity (Wildman–Crippen MR) is 47.4 cm³/mol. The first-order chi connectivity index (χ1) is 5.38. The molecule has 62 valence electrons. The van der Waals surface area contributed by atoms with Gasteiger partial charge in [-0.1, -0.05) is 17.3 Å². The second-order valence-corrected chi connectivity index (χ2v) is 2.16. The Morgan fingerprint density at radius 2 is 2.00 bits per heavy atom. The fourth-order valence-electron chi connectivity index (χ4n) is 0.937. The first-order valence-electron chi connectivity index (χ1n) is 3.18. The van der Waals surface area contributed by atoms with E-state index >= 15 is 0 Å². The van der Waals surface area contributed by atoms with Gasteiger partial charge in [-0.25, -0.2) is 5.10 Å². The molecule has 1 aromatic carbocycles. The molecule has 0 unspecified atom stereocenters. The average molecular weight is 184 g/mol. The molecule has 2 rings (SSSR count). The number of fused-ring (bicyclic) bond motifs is 1. The van der Waals surface area contributed by atoms with Crippen LogP contribution in [0.4, 0.5) is 0 Å². The van der Waals surface area contributed by atoms with Crippen LogP contribution in [0.3, 0.4) is 0 Å². The van der Waals surface area contributed by atoms with Gasteiger partial charge in [-0.05, 0) is 12.1 Å². The van der Waals surface area contributed by atoms with Crippen molar-refractivity contribution in [3.05, 3.63) is 34.6 Å². The molecule has 1 heterocycles. The molecule has 0 atom stereocenters. The summed E-state index contributed by atoms with van der Waals surface area (Å²) in [4.78, 5) is 11.0. The minimum Gasteiger partial charge on any atom is -0.267 e. The number of halogens is 1. The van der Waals surface area contributed by atoms with E-state index in [-0.39, 0.29) is 18.0 Å². The molecular weight excluding hydrogens is 178 g/mol. The highest BCUT2D eigenvalue weighted by Gasteiger charge is 1.95. The van der Waals surface area contributed by atoms with Crippen LogP contribution in [0.1, 0.15) is 0 Å². The van der Waals surface area contributed by atoms with Crippen LogP contribution in [0.25, 0.3) is 10.9 Å². The van der Waals surface area contributed by atoms with Crippen molar-refractivity contribution in [2.75, 3.05) is 0 Å². The molecule has 1 aromatic heterocycles. The van der Waals surface area contributed by atoms with E-state index in [1.54, 1.807) is 18.2 Å². The van der Waals surface area contributed by atoms with Gasteiger partial charge >= 0.3 is 0 Å². The van der Waals surface area contributed by atoms with Crippen LogP contribution in [0.5, 0.6) is 0 Å². The number of nitrogens with one attached hydrogen (secondary N) is 1. The van der Waals surface area contributed by atoms with Gasteiger partial charge in [0, 0.05) is 0 Å². The fraction of sp³-hybridized carbons (Fsp3) is 0. The molecule has 1 N–H and O–H groups in total. The van der Waals surface area contributed by atoms with Crippen molar-refractivity contribution in [2.45, 2.75) is 0 Å². The average Bonchev–Trinajstić information content (AvgIpc) is 2.06. The van der Waals surface area contributed by atoms with Gasteiger partial charge in [0.1, 0.15) is 5.52 Å². The Morgan fingerprint density at radius 3 is 2.75 bits per heavy atom. The third-order valence-electron chi connectivity index (χ3n) is 1.46. The zero-order valence-electron chi connectivity index (χ0n) is 6.02. The lowest BCUT2D eigenvalue weighted by Gasteiger charge is -1.89. The summed E-state index contributed by atoms with van der Waals surface area (Å²) in [5, 5.41) is 9.99. The largest absolute Gasteiger partial charge is 0.275 e. The van der Waals surface area contributed by atoms with Gasteiger partial charge < -0.3 is 0 Å². The van der Waals surface area contributed by atoms with E-state index in [0.717, 1.165) is 0 Å². The quantitative estimate of drug-likeness (QED) is 0.656. The van der Waals surface area contributed by atoms with Crippen LogP contribution < -0.4 is 5.56 Å². The van der Waals surface area contributed by atoms with Gasteiger partial charge in [0.15, 0.2) is 0 Å². The summed E-state index contributed by atoms with van der Waals surface area (Å²) in [5.41, 5.74) is 0.423. The second-order valence-electron chi connectivity index (χ2n) is 2.16. The molecule has 0 saturated carbocycles. The number of benzene rings is 1. The van der Waals surface area contributed by atoms with Gasteiger partial charge in [-0.2, -0.15) is 0 Å². The summed E-state index contributed by atoms with van der Waals surface area (Å²) in [5.74, 6) is 0. The van der Waals surface area contributed by atoms with E-state index in [2.05, 4.69) is 15.4 Å². The number of hydrogen-bond acceptors (Lipinski definition) is 3. The lowest BCUT2D eigenvalue weighted by Crippen LogP contribution is -2.09. The van der Waals surface area contributed by atoms with Gasteiger partial charge in [0.2, 0.25) is 0 Å². The van der Waals surface area contributed by atoms with Crippen LogP contribution in [0.15, 0.2) is 29.1 Å². The zero-order chi connectivity index (χ0) is 7.68. The zero-order valence-corrected chi connectivity index (χ0v) is 6.84. The molecule has 0 aliphatic rings. The second kappa shape index (κ2) is 3.32. The van der Waals surface area contributed by atoms with E-state index in [4.69, 9.17) is 0 Å². The van der Waals surface area contributed by atoms with Crippen molar-refractivity contribution in [1.29, 1.82) is 0 Å². The van der Waals surface area contributed by atoms with Gasteiger partial charge in [0.05, 0.1) is 5.39 Å². The maximum atomic E-state index is 11.0. The number of H-pyrrole nitrogens is 1. The topological polar surface area (TPSA) is 58.6 Å². The summed E-state index contributed by atoms with van der Waals surface area (Å²) >= 11 is 0. The molecule has 0 saturated heterocycles. The van der Waals surface area contributed by atoms with E-state index in [1.807, 2.05) is 6.07 Å². The maximum Gasteiger partial charge on any atom is 0.275 e. The summed E-state index contributed by atoms with van der Waals surface area (Å²) in [6.07, 6.45) is 0. The van der Waals surface area contributed by atoms with E-state index in [0.29, 0.717) is 10.9 Å². The van der Waals surface area contributed by atoms with Crippen molar-refractivity contribution in [3.8, 4) is 0 Å². The Hall–Kier alpha value is -1.42. The van der Waals surface area contributed by atoms with Crippen molar-refractivity contribution in [3.63, 3.8) is 0 Å². The van der Waals surface area contributed by atoms with E-state index < -0.39 is 0 Å². The number of nitrogens with zero attached hydrogens (tertiary/aromatic N) is 2. The Labute approximate surface area is 74.0 Å². The predicted octanol–water partition coefficient (Wildman–Crippen LogP) is 0.740. The number of hydrogen-bond donors (Lipinski definition) is 1. The third-order valence-corrected chi connectivity index (χ3v) is 1.46. The molecule has 0 aliphatic carbocycles. The lowest BCUT2D eigenvalue weighted by molar-refractivity contribution is 0.872. The molecule has 0 radical (unpaired) electrons. The molecule has 2 aromatic rings. The molecule has 0 fully saturated rings. The summed E-state index contributed by atoms with van der Waals surface area (Å²) < 4.78 is 0. The Morgan fingerprint density at radius 1 is 1.25 bits per heavy atom. The Balaban J connectivity index is 0.000000720.